The zero-order valence-corrected chi connectivity index (χ0v) is 7.71. The van der Waals surface area contributed by atoms with Gasteiger partial charge in [0.1, 0.15) is 5.75 Å². The van der Waals surface area contributed by atoms with E-state index in [4.69, 9.17) is 11.2 Å². The number of para-hydroxylation sites is 2. The fraction of sp³-hybridized carbons (Fsp3) is 0.273. The Morgan fingerprint density at radius 3 is 2.92 bits per heavy atom. The zero-order valence-electron chi connectivity index (χ0n) is 7.71. The third-order valence-electron chi connectivity index (χ3n) is 1.69. The Bertz CT molecular complexity index is 301. The first-order valence-corrected chi connectivity index (χ1v) is 4.19. The number of rotatable bonds is 4. The van der Waals surface area contributed by atoms with Gasteiger partial charge in [-0.3, -0.25) is 0 Å². The molecule has 13 heavy (non-hydrogen) atoms. The predicted molar refractivity (Wildman–Crippen MR) is 54.9 cm³/mol. The summed E-state index contributed by atoms with van der Waals surface area (Å²) in [6.45, 7) is 0.775. The third kappa shape index (κ3) is 2.72. The lowest BCUT2D eigenvalue weighted by Gasteiger charge is -2.08. The lowest BCUT2D eigenvalue weighted by molar-refractivity contribution is 0.416. The highest BCUT2D eigenvalue weighted by Crippen LogP contribution is 2.22. The summed E-state index contributed by atoms with van der Waals surface area (Å²) in [6.07, 6.45) is 5.86. The molecule has 0 spiro atoms. The molecule has 0 atom stereocenters. The van der Waals surface area contributed by atoms with E-state index in [2.05, 4.69) is 11.2 Å². The highest BCUT2D eigenvalue weighted by molar-refractivity contribution is 5.56. The Labute approximate surface area is 78.9 Å². The van der Waals surface area contributed by atoms with Crippen LogP contribution >= 0.6 is 0 Å². The van der Waals surface area contributed by atoms with Crippen molar-refractivity contribution >= 4 is 5.69 Å². The normalized spacial score (nSPS) is 8.92. The summed E-state index contributed by atoms with van der Waals surface area (Å²) in [5, 5.41) is 3.20. The first-order chi connectivity index (χ1) is 6.38. The molecule has 0 aliphatic heterocycles. The highest BCUT2D eigenvalue weighted by Gasteiger charge is 1.98. The molecule has 2 nitrogen and oxygen atoms in total. The van der Waals surface area contributed by atoms with Crippen LogP contribution in [0.25, 0.3) is 0 Å². The Morgan fingerprint density at radius 2 is 2.23 bits per heavy atom. The van der Waals surface area contributed by atoms with Crippen molar-refractivity contribution in [1.82, 2.24) is 0 Å². The molecule has 0 aromatic heterocycles. The van der Waals surface area contributed by atoms with Crippen LogP contribution in [0.15, 0.2) is 24.3 Å². The van der Waals surface area contributed by atoms with Crippen molar-refractivity contribution in [3.63, 3.8) is 0 Å². The molecular formula is C11H13NO. The van der Waals surface area contributed by atoms with Crippen LogP contribution in [-0.2, 0) is 0 Å². The summed E-state index contributed by atoms with van der Waals surface area (Å²) < 4.78 is 5.16. The molecule has 1 aromatic carbocycles. The van der Waals surface area contributed by atoms with Gasteiger partial charge in [-0.25, -0.2) is 0 Å². The second-order valence-corrected chi connectivity index (χ2v) is 2.58. The fourth-order valence-electron chi connectivity index (χ4n) is 1.06. The lowest BCUT2D eigenvalue weighted by Crippen LogP contribution is -2.01. The number of hydrogen-bond donors (Lipinski definition) is 1. The summed E-state index contributed by atoms with van der Waals surface area (Å²) in [4.78, 5) is 0. The maximum Gasteiger partial charge on any atom is 0.141 e. The van der Waals surface area contributed by atoms with E-state index >= 15 is 0 Å². The standard InChI is InChI=1S/C11H13NO/c1-3-4-9-12-10-7-5-6-8-11(10)13-2/h1,5-8,12H,4,9H2,2H3. The SMILES string of the molecule is C#CCCNc1ccccc1OC. The molecule has 0 radical (unpaired) electrons. The summed E-state index contributed by atoms with van der Waals surface area (Å²) in [5.41, 5.74) is 0.986. The van der Waals surface area contributed by atoms with Crippen LogP contribution in [0.3, 0.4) is 0 Å². The van der Waals surface area contributed by atoms with Gasteiger partial charge in [0.05, 0.1) is 12.8 Å². The second kappa shape index (κ2) is 5.10. The predicted octanol–water partition coefficient (Wildman–Crippen LogP) is 2.13. The van der Waals surface area contributed by atoms with Crippen LogP contribution in [0.5, 0.6) is 5.75 Å². The molecule has 0 bridgehead atoms. The Hall–Kier alpha value is -1.62. The number of terminal acetylenes is 1. The van der Waals surface area contributed by atoms with Crippen LogP contribution in [0.2, 0.25) is 0 Å². The average Bonchev–Trinajstić information content (AvgIpc) is 2.19. The molecule has 0 unspecified atom stereocenters. The maximum atomic E-state index is 5.16. The monoisotopic (exact) mass is 175 g/mol. The fourth-order valence-corrected chi connectivity index (χ4v) is 1.06. The number of anilines is 1. The maximum absolute atomic E-state index is 5.16. The largest absolute Gasteiger partial charge is 0.495 e. The van der Waals surface area contributed by atoms with Crippen LogP contribution < -0.4 is 10.1 Å². The van der Waals surface area contributed by atoms with E-state index < -0.39 is 0 Å². The van der Waals surface area contributed by atoms with Gasteiger partial charge in [0, 0.05) is 13.0 Å². The van der Waals surface area contributed by atoms with Gasteiger partial charge in [-0.15, -0.1) is 12.3 Å². The van der Waals surface area contributed by atoms with Crippen LogP contribution in [-0.4, -0.2) is 13.7 Å². The lowest BCUT2D eigenvalue weighted by atomic mass is 10.3. The number of benzene rings is 1. The smallest absolute Gasteiger partial charge is 0.141 e. The van der Waals surface area contributed by atoms with Gasteiger partial charge >= 0.3 is 0 Å². The van der Waals surface area contributed by atoms with Crippen molar-refractivity contribution in [3.8, 4) is 18.1 Å². The molecular weight excluding hydrogens is 162 g/mol. The quantitative estimate of drug-likeness (QED) is 0.559. The number of hydrogen-bond acceptors (Lipinski definition) is 2. The first kappa shape index (κ1) is 9.47. The van der Waals surface area contributed by atoms with Gasteiger partial charge in [-0.2, -0.15) is 0 Å². The van der Waals surface area contributed by atoms with Gasteiger partial charge in [0.25, 0.3) is 0 Å². The van der Waals surface area contributed by atoms with Crippen LogP contribution in [0.4, 0.5) is 5.69 Å². The molecule has 0 amide bonds. The summed E-state index contributed by atoms with van der Waals surface area (Å²) >= 11 is 0. The molecule has 0 saturated heterocycles. The molecule has 1 rings (SSSR count). The van der Waals surface area contributed by atoms with Crippen molar-refractivity contribution < 1.29 is 4.74 Å². The van der Waals surface area contributed by atoms with Crippen molar-refractivity contribution in [2.24, 2.45) is 0 Å². The van der Waals surface area contributed by atoms with Crippen LogP contribution in [0, 0.1) is 12.3 Å². The van der Waals surface area contributed by atoms with E-state index in [1.54, 1.807) is 7.11 Å². The topological polar surface area (TPSA) is 21.3 Å². The van der Waals surface area contributed by atoms with Crippen molar-refractivity contribution in [1.29, 1.82) is 0 Å². The third-order valence-corrected chi connectivity index (χ3v) is 1.69. The van der Waals surface area contributed by atoms with Gasteiger partial charge in [-0.05, 0) is 12.1 Å². The number of methoxy groups -OCH3 is 1. The Balaban J connectivity index is 2.60. The van der Waals surface area contributed by atoms with Crippen LogP contribution in [0.1, 0.15) is 6.42 Å². The molecule has 0 aliphatic carbocycles. The zero-order chi connectivity index (χ0) is 9.52. The van der Waals surface area contributed by atoms with E-state index in [0.29, 0.717) is 0 Å². The minimum Gasteiger partial charge on any atom is -0.495 e. The van der Waals surface area contributed by atoms with Gasteiger partial charge in [0.2, 0.25) is 0 Å². The summed E-state index contributed by atoms with van der Waals surface area (Å²) in [6, 6.07) is 7.78. The van der Waals surface area contributed by atoms with E-state index in [1.165, 1.54) is 0 Å². The number of ether oxygens (including phenoxy) is 1. The molecule has 2 heteroatoms. The van der Waals surface area contributed by atoms with Gasteiger partial charge < -0.3 is 10.1 Å². The average molecular weight is 175 g/mol. The highest BCUT2D eigenvalue weighted by atomic mass is 16.5. The van der Waals surface area contributed by atoms with Crippen molar-refractivity contribution in [2.75, 3.05) is 19.0 Å². The molecule has 0 saturated carbocycles. The van der Waals surface area contributed by atoms with Gasteiger partial charge in [0.15, 0.2) is 0 Å². The molecule has 0 heterocycles. The van der Waals surface area contributed by atoms with Gasteiger partial charge in [-0.1, -0.05) is 12.1 Å². The first-order valence-electron chi connectivity index (χ1n) is 4.19. The van der Waals surface area contributed by atoms with E-state index in [-0.39, 0.29) is 0 Å². The minimum atomic E-state index is 0.720. The Morgan fingerprint density at radius 1 is 1.46 bits per heavy atom. The van der Waals surface area contributed by atoms with Crippen molar-refractivity contribution in [2.45, 2.75) is 6.42 Å². The minimum absolute atomic E-state index is 0.720. The molecule has 0 aliphatic rings. The molecule has 68 valence electrons. The second-order valence-electron chi connectivity index (χ2n) is 2.58. The number of nitrogens with one attached hydrogen (secondary N) is 1. The summed E-state index contributed by atoms with van der Waals surface area (Å²) in [5.74, 6) is 3.42. The summed E-state index contributed by atoms with van der Waals surface area (Å²) in [7, 11) is 1.65. The van der Waals surface area contributed by atoms with E-state index in [0.717, 1.165) is 24.4 Å². The van der Waals surface area contributed by atoms with Crippen molar-refractivity contribution in [3.05, 3.63) is 24.3 Å². The Kier molecular flexibility index (Phi) is 3.72. The molecule has 0 fully saturated rings. The molecule has 1 aromatic rings. The molecule has 1 N–H and O–H groups in total. The van der Waals surface area contributed by atoms with E-state index in [1.807, 2.05) is 24.3 Å². The van der Waals surface area contributed by atoms with E-state index in [9.17, 15) is 0 Å².